The Balaban J connectivity index is 1.59. The summed E-state index contributed by atoms with van der Waals surface area (Å²) in [7, 11) is 3.41. The van der Waals surface area contributed by atoms with Crippen LogP contribution in [0.4, 0.5) is 10.5 Å². The van der Waals surface area contributed by atoms with Crippen LogP contribution >= 0.6 is 0 Å². The molecule has 0 radical (unpaired) electrons. The monoisotopic (exact) mass is 435 g/mol. The summed E-state index contributed by atoms with van der Waals surface area (Å²) in [6, 6.07) is 6.99. The molecule has 1 atom stereocenters. The molecular formula is C25H33N5O2. The van der Waals surface area contributed by atoms with E-state index >= 15 is 0 Å². The van der Waals surface area contributed by atoms with Crippen LogP contribution in [0.2, 0.25) is 0 Å². The molecule has 32 heavy (non-hydrogen) atoms. The van der Waals surface area contributed by atoms with Crippen molar-refractivity contribution in [2.45, 2.75) is 76.8 Å². The third-order valence-corrected chi connectivity index (χ3v) is 7.21. The number of hydrogen-bond donors (Lipinski definition) is 0. The average molecular weight is 436 g/mol. The third-order valence-electron chi connectivity index (χ3n) is 7.21. The summed E-state index contributed by atoms with van der Waals surface area (Å²) in [6.45, 7) is 2.09. The molecule has 1 amide bonds. The van der Waals surface area contributed by atoms with Crippen molar-refractivity contribution in [3.63, 3.8) is 0 Å². The highest BCUT2D eigenvalue weighted by atomic mass is 16.5. The Morgan fingerprint density at radius 1 is 1.12 bits per heavy atom. The van der Waals surface area contributed by atoms with Crippen molar-refractivity contribution in [3.8, 4) is 0 Å². The second kappa shape index (κ2) is 8.60. The SMILES string of the molecule is COC(=O)N1c2ccc3c(nc(CCc4ccn(C)n4)n3C3CCCCC3)c2CC[C@@H]1C. The summed E-state index contributed by atoms with van der Waals surface area (Å²) < 4.78 is 9.47. The molecule has 0 N–H and O–H groups in total. The minimum atomic E-state index is -0.292. The highest BCUT2D eigenvalue weighted by molar-refractivity contribution is 5.95. The molecule has 1 aliphatic carbocycles. The minimum Gasteiger partial charge on any atom is -0.452 e. The van der Waals surface area contributed by atoms with Gasteiger partial charge in [0, 0.05) is 37.3 Å². The number of benzene rings is 1. The number of methoxy groups -OCH3 is 1. The third kappa shape index (κ3) is 3.67. The van der Waals surface area contributed by atoms with E-state index in [0.29, 0.717) is 6.04 Å². The number of carbonyl (C=O) groups excluding carboxylic acids is 1. The van der Waals surface area contributed by atoms with Crippen molar-refractivity contribution in [3.05, 3.63) is 41.5 Å². The molecule has 3 aromatic rings. The minimum absolute atomic E-state index is 0.122. The zero-order chi connectivity index (χ0) is 22.2. The van der Waals surface area contributed by atoms with Gasteiger partial charge < -0.3 is 9.30 Å². The van der Waals surface area contributed by atoms with Crippen LogP contribution in [0.3, 0.4) is 0 Å². The zero-order valence-corrected chi connectivity index (χ0v) is 19.4. The van der Waals surface area contributed by atoms with Crippen LogP contribution in [0, 0.1) is 0 Å². The Kier molecular flexibility index (Phi) is 5.66. The first kappa shape index (κ1) is 21.0. The molecule has 0 bridgehead atoms. The highest BCUT2D eigenvalue weighted by Gasteiger charge is 2.32. The van der Waals surface area contributed by atoms with Crippen molar-refractivity contribution in [2.75, 3.05) is 12.0 Å². The Morgan fingerprint density at radius 2 is 1.94 bits per heavy atom. The van der Waals surface area contributed by atoms with Gasteiger partial charge in [0.2, 0.25) is 0 Å². The van der Waals surface area contributed by atoms with E-state index in [4.69, 9.17) is 9.72 Å². The lowest BCUT2D eigenvalue weighted by Gasteiger charge is -2.34. The maximum absolute atomic E-state index is 12.5. The molecule has 2 aliphatic rings. The van der Waals surface area contributed by atoms with Crippen molar-refractivity contribution < 1.29 is 9.53 Å². The molecule has 3 heterocycles. The van der Waals surface area contributed by atoms with Crippen LogP contribution in [-0.2, 0) is 31.0 Å². The largest absolute Gasteiger partial charge is 0.452 e. The quantitative estimate of drug-likeness (QED) is 0.580. The number of carbonyl (C=O) groups is 1. The van der Waals surface area contributed by atoms with Crippen LogP contribution < -0.4 is 4.90 Å². The van der Waals surface area contributed by atoms with Crippen LogP contribution in [0.15, 0.2) is 24.4 Å². The number of ether oxygens (including phenoxy) is 1. The summed E-state index contributed by atoms with van der Waals surface area (Å²) >= 11 is 0. The van der Waals surface area contributed by atoms with E-state index in [1.165, 1.54) is 50.3 Å². The summed E-state index contributed by atoms with van der Waals surface area (Å²) in [5.74, 6) is 1.15. The lowest BCUT2D eigenvalue weighted by molar-refractivity contribution is 0.175. The van der Waals surface area contributed by atoms with Crippen molar-refractivity contribution in [1.29, 1.82) is 0 Å². The fraction of sp³-hybridized carbons (Fsp3) is 0.560. The van der Waals surface area contributed by atoms with Gasteiger partial charge in [-0.05, 0) is 57.2 Å². The Bertz CT molecular complexity index is 1130. The van der Waals surface area contributed by atoms with Crippen LogP contribution in [0.25, 0.3) is 11.0 Å². The number of aryl methyl sites for hydroxylation is 4. The Hall–Kier alpha value is -2.83. The second-order valence-corrected chi connectivity index (χ2v) is 9.33. The van der Waals surface area contributed by atoms with Gasteiger partial charge in [-0.25, -0.2) is 9.78 Å². The topological polar surface area (TPSA) is 65.2 Å². The molecule has 0 unspecified atom stereocenters. The number of nitrogens with zero attached hydrogens (tertiary/aromatic N) is 5. The Morgan fingerprint density at radius 3 is 2.66 bits per heavy atom. The van der Waals surface area contributed by atoms with Gasteiger partial charge in [0.05, 0.1) is 29.5 Å². The average Bonchev–Trinajstić information content (AvgIpc) is 3.40. The highest BCUT2D eigenvalue weighted by Crippen LogP contribution is 2.39. The molecule has 1 aromatic carbocycles. The van der Waals surface area contributed by atoms with Crippen molar-refractivity contribution in [2.24, 2.45) is 7.05 Å². The number of fused-ring (bicyclic) bond motifs is 3. The van der Waals surface area contributed by atoms with Crippen molar-refractivity contribution >= 4 is 22.8 Å². The lowest BCUT2D eigenvalue weighted by atomic mass is 9.94. The number of anilines is 1. The van der Waals surface area contributed by atoms with Gasteiger partial charge in [0.25, 0.3) is 0 Å². The molecule has 1 aliphatic heterocycles. The van der Waals surface area contributed by atoms with E-state index < -0.39 is 0 Å². The maximum atomic E-state index is 12.5. The first-order valence-corrected chi connectivity index (χ1v) is 11.9. The summed E-state index contributed by atoms with van der Waals surface area (Å²) in [6.07, 6.45) is 11.6. The molecule has 0 saturated heterocycles. The Labute approximate surface area is 189 Å². The van der Waals surface area contributed by atoms with E-state index in [2.05, 4.69) is 34.8 Å². The van der Waals surface area contributed by atoms with E-state index in [-0.39, 0.29) is 12.1 Å². The standard InChI is InChI=1S/C25H33N5O2/c1-17-9-11-20-21(29(17)25(31)32-3)12-13-22-24(20)26-23(14-10-18-15-16-28(2)27-18)30(22)19-7-5-4-6-8-19/h12-13,15-17,19H,4-11,14H2,1-3H3/t17-/m0/s1. The van der Waals surface area contributed by atoms with Gasteiger partial charge >= 0.3 is 6.09 Å². The number of hydrogen-bond acceptors (Lipinski definition) is 4. The van der Waals surface area contributed by atoms with Gasteiger partial charge in [-0.3, -0.25) is 9.58 Å². The predicted molar refractivity (Wildman–Crippen MR) is 125 cm³/mol. The summed E-state index contributed by atoms with van der Waals surface area (Å²) in [5, 5.41) is 4.56. The summed E-state index contributed by atoms with van der Waals surface area (Å²) in [4.78, 5) is 19.5. The van der Waals surface area contributed by atoms with Gasteiger partial charge in [-0.15, -0.1) is 0 Å². The molecule has 1 saturated carbocycles. The van der Waals surface area contributed by atoms with E-state index in [0.717, 1.165) is 48.4 Å². The number of aromatic nitrogens is 4. The van der Waals surface area contributed by atoms with E-state index in [1.54, 1.807) is 4.90 Å². The molecular weight excluding hydrogens is 402 g/mol. The first-order valence-electron chi connectivity index (χ1n) is 11.9. The number of rotatable bonds is 4. The van der Waals surface area contributed by atoms with Crippen LogP contribution in [0.5, 0.6) is 0 Å². The molecule has 7 nitrogen and oxygen atoms in total. The zero-order valence-electron chi connectivity index (χ0n) is 19.4. The number of imidazole rings is 1. The van der Waals surface area contributed by atoms with E-state index in [1.807, 2.05) is 17.9 Å². The normalized spacial score (nSPS) is 19.3. The van der Waals surface area contributed by atoms with Crippen molar-refractivity contribution in [1.82, 2.24) is 19.3 Å². The van der Waals surface area contributed by atoms with Gasteiger partial charge in [0.15, 0.2) is 0 Å². The second-order valence-electron chi connectivity index (χ2n) is 9.33. The van der Waals surface area contributed by atoms with Crippen LogP contribution in [-0.4, -0.2) is 38.6 Å². The fourth-order valence-electron chi connectivity index (χ4n) is 5.58. The first-order chi connectivity index (χ1) is 15.6. The van der Waals surface area contributed by atoms with Gasteiger partial charge in [0.1, 0.15) is 5.82 Å². The lowest BCUT2D eigenvalue weighted by Crippen LogP contribution is -2.42. The molecule has 1 fully saturated rings. The van der Waals surface area contributed by atoms with E-state index in [9.17, 15) is 4.79 Å². The molecule has 7 heteroatoms. The van der Waals surface area contributed by atoms with Gasteiger partial charge in [-0.2, -0.15) is 5.10 Å². The predicted octanol–water partition coefficient (Wildman–Crippen LogP) is 4.97. The molecule has 5 rings (SSSR count). The summed E-state index contributed by atoms with van der Waals surface area (Å²) in [5.41, 5.74) is 5.51. The smallest absolute Gasteiger partial charge is 0.414 e. The fourth-order valence-corrected chi connectivity index (χ4v) is 5.58. The molecule has 170 valence electrons. The van der Waals surface area contributed by atoms with Gasteiger partial charge in [-0.1, -0.05) is 19.3 Å². The maximum Gasteiger partial charge on any atom is 0.414 e. The number of amides is 1. The molecule has 0 spiro atoms. The van der Waals surface area contributed by atoms with Crippen LogP contribution in [0.1, 0.15) is 68.6 Å². The molecule has 2 aromatic heterocycles.